The second-order valence-electron chi connectivity index (χ2n) is 4.06. The van der Waals surface area contributed by atoms with Crippen LogP contribution in [0, 0.1) is 0 Å². The van der Waals surface area contributed by atoms with Crippen molar-refractivity contribution in [1.82, 2.24) is 0 Å². The fourth-order valence-corrected chi connectivity index (χ4v) is 1.97. The summed E-state index contributed by atoms with van der Waals surface area (Å²) in [6.07, 6.45) is -0.198. The van der Waals surface area contributed by atoms with E-state index in [1.807, 2.05) is 0 Å². The van der Waals surface area contributed by atoms with Gasteiger partial charge in [0.05, 0.1) is 18.6 Å². The van der Waals surface area contributed by atoms with E-state index >= 15 is 0 Å². The molecule has 0 amide bonds. The lowest BCUT2D eigenvalue weighted by molar-refractivity contribution is -0.159. The molecule has 1 aliphatic rings. The van der Waals surface area contributed by atoms with Crippen LogP contribution in [-0.2, 0) is 15.3 Å². The highest BCUT2D eigenvalue weighted by atomic mass is 35.5. The van der Waals surface area contributed by atoms with Gasteiger partial charge in [-0.1, -0.05) is 12.1 Å². The highest BCUT2D eigenvalue weighted by Gasteiger charge is 2.38. The van der Waals surface area contributed by atoms with Gasteiger partial charge >= 0.3 is 6.61 Å². The average molecular weight is 279 g/mol. The fourth-order valence-electron chi connectivity index (χ4n) is 1.82. The highest BCUT2D eigenvalue weighted by molar-refractivity contribution is 6.18. The molecule has 2 unspecified atom stereocenters. The van der Waals surface area contributed by atoms with Crippen molar-refractivity contribution in [3.63, 3.8) is 0 Å². The van der Waals surface area contributed by atoms with Crippen LogP contribution >= 0.6 is 11.6 Å². The van der Waals surface area contributed by atoms with E-state index < -0.39 is 12.4 Å². The molecule has 1 fully saturated rings. The molecule has 0 radical (unpaired) electrons. The van der Waals surface area contributed by atoms with Gasteiger partial charge in [0.25, 0.3) is 0 Å². The van der Waals surface area contributed by atoms with Crippen molar-refractivity contribution < 1.29 is 23.0 Å². The summed E-state index contributed by atoms with van der Waals surface area (Å²) in [5, 5.41) is 0. The zero-order valence-electron chi connectivity index (χ0n) is 9.74. The van der Waals surface area contributed by atoms with E-state index in [0.717, 1.165) is 0 Å². The Morgan fingerprint density at radius 3 is 2.94 bits per heavy atom. The van der Waals surface area contributed by atoms with Gasteiger partial charge in [-0.15, -0.1) is 11.6 Å². The Bertz CT molecular complexity index is 416. The van der Waals surface area contributed by atoms with E-state index in [-0.39, 0.29) is 11.9 Å². The topological polar surface area (TPSA) is 27.7 Å². The van der Waals surface area contributed by atoms with E-state index in [4.69, 9.17) is 21.1 Å². The molecule has 0 N–H and O–H groups in total. The lowest BCUT2D eigenvalue weighted by atomic mass is 10.1. The maximum Gasteiger partial charge on any atom is 0.387 e. The molecule has 0 spiro atoms. The van der Waals surface area contributed by atoms with Crippen molar-refractivity contribution in [3.8, 4) is 5.75 Å². The molecule has 0 aromatic heterocycles. The minimum atomic E-state index is -2.85. The third-order valence-corrected chi connectivity index (χ3v) is 3.04. The molecule has 3 nitrogen and oxygen atoms in total. The van der Waals surface area contributed by atoms with Crippen molar-refractivity contribution in [2.45, 2.75) is 25.4 Å². The lowest BCUT2D eigenvalue weighted by Gasteiger charge is -2.24. The van der Waals surface area contributed by atoms with Crippen LogP contribution in [0.1, 0.15) is 12.5 Å². The fraction of sp³-hybridized carbons (Fsp3) is 0.500. The number of hydrogen-bond donors (Lipinski definition) is 0. The zero-order chi connectivity index (χ0) is 13.2. The van der Waals surface area contributed by atoms with Gasteiger partial charge in [0.2, 0.25) is 0 Å². The summed E-state index contributed by atoms with van der Waals surface area (Å²) >= 11 is 5.69. The molecule has 100 valence electrons. The van der Waals surface area contributed by atoms with Crippen LogP contribution in [0.25, 0.3) is 0 Å². The van der Waals surface area contributed by atoms with Gasteiger partial charge < -0.3 is 14.2 Å². The number of ether oxygens (including phenoxy) is 3. The first kappa shape index (κ1) is 13.5. The van der Waals surface area contributed by atoms with Crippen molar-refractivity contribution in [3.05, 3.63) is 29.8 Å². The molecule has 2 atom stereocenters. The standard InChI is InChI=1S/C12H13ClF2O3/c1-12(16-7-10(6-13)18-12)8-3-2-4-9(5-8)17-11(14)15/h2-5,10-11H,6-7H2,1H3. The first-order valence-electron chi connectivity index (χ1n) is 5.46. The van der Waals surface area contributed by atoms with Crippen LogP contribution in [0.15, 0.2) is 24.3 Å². The summed E-state index contributed by atoms with van der Waals surface area (Å²) in [5.74, 6) is -0.575. The van der Waals surface area contributed by atoms with Crippen molar-refractivity contribution >= 4 is 11.6 Å². The van der Waals surface area contributed by atoms with Crippen molar-refractivity contribution in [2.24, 2.45) is 0 Å². The normalized spacial score (nSPS) is 27.7. The Balaban J connectivity index is 2.18. The molecule has 2 rings (SSSR count). The second-order valence-corrected chi connectivity index (χ2v) is 4.37. The summed E-state index contributed by atoms with van der Waals surface area (Å²) in [5.41, 5.74) is 0.619. The smallest absolute Gasteiger partial charge is 0.387 e. The minimum absolute atomic E-state index is 0.0743. The van der Waals surface area contributed by atoms with Gasteiger partial charge in [-0.25, -0.2) is 0 Å². The number of halogens is 3. The molecule has 18 heavy (non-hydrogen) atoms. The van der Waals surface area contributed by atoms with Gasteiger partial charge in [-0.05, 0) is 19.1 Å². The minimum Gasteiger partial charge on any atom is -0.435 e. The van der Waals surface area contributed by atoms with Crippen LogP contribution in [0.2, 0.25) is 0 Å². The molecule has 1 aromatic rings. The number of hydrogen-bond acceptors (Lipinski definition) is 3. The number of alkyl halides is 3. The van der Waals surface area contributed by atoms with E-state index in [0.29, 0.717) is 18.1 Å². The second kappa shape index (κ2) is 5.38. The Morgan fingerprint density at radius 2 is 2.33 bits per heavy atom. The van der Waals surface area contributed by atoms with Gasteiger partial charge in [-0.3, -0.25) is 0 Å². The molecule has 0 aliphatic carbocycles. The van der Waals surface area contributed by atoms with Crippen LogP contribution in [0.3, 0.4) is 0 Å². The van der Waals surface area contributed by atoms with Gasteiger partial charge in [0, 0.05) is 5.56 Å². The van der Waals surface area contributed by atoms with Crippen LogP contribution in [0.5, 0.6) is 5.75 Å². The van der Waals surface area contributed by atoms with Crippen LogP contribution in [-0.4, -0.2) is 25.2 Å². The Kier molecular flexibility index (Phi) is 4.04. The molecule has 0 bridgehead atoms. The zero-order valence-corrected chi connectivity index (χ0v) is 10.5. The summed E-state index contributed by atoms with van der Waals surface area (Å²) < 4.78 is 39.8. The molecule has 1 heterocycles. The first-order valence-corrected chi connectivity index (χ1v) is 6.00. The third-order valence-electron chi connectivity index (χ3n) is 2.69. The molecule has 6 heteroatoms. The van der Waals surface area contributed by atoms with Crippen LogP contribution in [0.4, 0.5) is 8.78 Å². The van der Waals surface area contributed by atoms with Crippen LogP contribution < -0.4 is 4.74 Å². The first-order chi connectivity index (χ1) is 8.53. The summed E-state index contributed by atoms with van der Waals surface area (Å²) in [6, 6.07) is 6.27. The molecule has 1 aliphatic heterocycles. The average Bonchev–Trinajstić information content (AvgIpc) is 2.72. The molecule has 1 saturated heterocycles. The molecular weight excluding hydrogens is 266 g/mol. The van der Waals surface area contributed by atoms with E-state index in [1.54, 1.807) is 19.1 Å². The Labute approximate surface area is 109 Å². The van der Waals surface area contributed by atoms with Gasteiger partial charge in [-0.2, -0.15) is 8.78 Å². The third kappa shape index (κ3) is 2.91. The predicted octanol–water partition coefficient (Wildman–Crippen LogP) is 3.11. The Hall–Kier alpha value is -0.910. The number of rotatable bonds is 4. The molecule has 0 saturated carbocycles. The monoisotopic (exact) mass is 278 g/mol. The SMILES string of the molecule is CC1(c2cccc(OC(F)F)c2)OCC(CCl)O1. The van der Waals surface area contributed by atoms with E-state index in [2.05, 4.69) is 4.74 Å². The maximum atomic E-state index is 12.1. The summed E-state index contributed by atoms with van der Waals surface area (Å²) in [6.45, 7) is -0.755. The molecular formula is C12H13ClF2O3. The molecule has 1 aromatic carbocycles. The van der Waals surface area contributed by atoms with Gasteiger partial charge in [0.1, 0.15) is 5.75 Å². The number of benzene rings is 1. The van der Waals surface area contributed by atoms with Crippen molar-refractivity contribution in [1.29, 1.82) is 0 Å². The van der Waals surface area contributed by atoms with Gasteiger partial charge in [0.15, 0.2) is 5.79 Å². The highest BCUT2D eigenvalue weighted by Crippen LogP contribution is 2.35. The van der Waals surface area contributed by atoms with Crippen molar-refractivity contribution in [2.75, 3.05) is 12.5 Å². The maximum absolute atomic E-state index is 12.1. The lowest BCUT2D eigenvalue weighted by Crippen LogP contribution is -2.24. The van der Waals surface area contributed by atoms with E-state index in [1.165, 1.54) is 12.1 Å². The summed E-state index contributed by atoms with van der Waals surface area (Å²) in [7, 11) is 0. The summed E-state index contributed by atoms with van der Waals surface area (Å²) in [4.78, 5) is 0. The predicted molar refractivity (Wildman–Crippen MR) is 62.0 cm³/mol. The Morgan fingerprint density at radius 1 is 1.56 bits per heavy atom. The van der Waals surface area contributed by atoms with E-state index in [9.17, 15) is 8.78 Å². The quantitative estimate of drug-likeness (QED) is 0.792. The largest absolute Gasteiger partial charge is 0.435 e.